The topological polar surface area (TPSA) is 72.8 Å². The predicted octanol–water partition coefficient (Wildman–Crippen LogP) is 1.09. The molecule has 0 saturated carbocycles. The van der Waals surface area contributed by atoms with Crippen molar-refractivity contribution in [2.75, 3.05) is 19.7 Å². The van der Waals surface area contributed by atoms with E-state index >= 15 is 0 Å². The molecule has 2 rings (SSSR count). The van der Waals surface area contributed by atoms with Gasteiger partial charge in [-0.05, 0) is 11.6 Å². The zero-order chi connectivity index (χ0) is 13.6. The number of benzene rings is 1. The summed E-state index contributed by atoms with van der Waals surface area (Å²) in [6, 6.07) is 3.10. The van der Waals surface area contributed by atoms with E-state index in [-0.39, 0.29) is 18.3 Å². The van der Waals surface area contributed by atoms with Crippen molar-refractivity contribution in [2.24, 2.45) is 0 Å². The molecule has 0 saturated heterocycles. The molecule has 0 bridgehead atoms. The Morgan fingerprint density at radius 2 is 1.83 bits per heavy atom. The van der Waals surface area contributed by atoms with Gasteiger partial charge in [0, 0.05) is 17.7 Å². The quantitative estimate of drug-likeness (QED) is 0.891. The highest BCUT2D eigenvalue weighted by molar-refractivity contribution is 7.90. The van der Waals surface area contributed by atoms with Gasteiger partial charge < -0.3 is 14.6 Å². The highest BCUT2D eigenvalue weighted by Crippen LogP contribution is 2.40. The van der Waals surface area contributed by atoms with Crippen LogP contribution in [0.2, 0.25) is 0 Å². The van der Waals surface area contributed by atoms with Gasteiger partial charge in [0.1, 0.15) is 0 Å². The minimum absolute atomic E-state index is 0.0849. The second kappa shape index (κ2) is 4.13. The molecule has 0 atom stereocenters. The lowest BCUT2D eigenvalue weighted by molar-refractivity contribution is 0.173. The lowest BCUT2D eigenvalue weighted by atomic mass is 9.85. The summed E-state index contributed by atoms with van der Waals surface area (Å²) in [6.45, 7) is 3.48. The van der Waals surface area contributed by atoms with E-state index in [1.165, 1.54) is 6.07 Å². The lowest BCUT2D eigenvalue weighted by Crippen LogP contribution is -2.24. The fourth-order valence-corrected chi connectivity index (χ4v) is 2.90. The minimum atomic E-state index is -3.39. The van der Waals surface area contributed by atoms with Crippen LogP contribution in [0.3, 0.4) is 0 Å². The maximum Gasteiger partial charge on any atom is 0.231 e. The van der Waals surface area contributed by atoms with Crippen LogP contribution in [0.15, 0.2) is 17.0 Å². The van der Waals surface area contributed by atoms with Crippen molar-refractivity contribution >= 4 is 9.84 Å². The maximum absolute atomic E-state index is 11.8. The average molecular weight is 272 g/mol. The second-order valence-electron chi connectivity index (χ2n) is 5.02. The Morgan fingerprint density at radius 3 is 2.33 bits per heavy atom. The molecule has 0 amide bonds. The minimum Gasteiger partial charge on any atom is -0.454 e. The van der Waals surface area contributed by atoms with Gasteiger partial charge in [-0.3, -0.25) is 0 Å². The molecule has 1 aromatic rings. The standard InChI is InChI=1S/C12H16O5S/c1-12(2,6-13)8-4-9-10(17-7-16-9)5-11(8)18(3,14)15/h4-5,13H,6-7H2,1-3H3. The van der Waals surface area contributed by atoms with Gasteiger partial charge in [0.15, 0.2) is 21.3 Å². The van der Waals surface area contributed by atoms with E-state index in [1.807, 2.05) is 0 Å². The summed E-state index contributed by atoms with van der Waals surface area (Å²) in [7, 11) is -3.39. The smallest absolute Gasteiger partial charge is 0.231 e. The number of aliphatic hydroxyl groups is 1. The molecule has 1 aliphatic rings. The van der Waals surface area contributed by atoms with Crippen molar-refractivity contribution in [3.05, 3.63) is 17.7 Å². The normalized spacial score (nSPS) is 14.9. The Hall–Kier alpha value is -1.27. The first-order chi connectivity index (χ1) is 8.25. The van der Waals surface area contributed by atoms with Crippen molar-refractivity contribution in [1.29, 1.82) is 0 Å². The molecule has 1 aromatic carbocycles. The molecule has 0 fully saturated rings. The van der Waals surface area contributed by atoms with E-state index in [0.29, 0.717) is 17.1 Å². The molecule has 0 aliphatic carbocycles. The number of aliphatic hydroxyl groups excluding tert-OH is 1. The molecule has 1 heterocycles. The van der Waals surface area contributed by atoms with Crippen LogP contribution in [-0.4, -0.2) is 33.2 Å². The molecular weight excluding hydrogens is 256 g/mol. The van der Waals surface area contributed by atoms with Gasteiger partial charge in [-0.25, -0.2) is 8.42 Å². The van der Waals surface area contributed by atoms with E-state index in [2.05, 4.69) is 0 Å². The Balaban J connectivity index is 2.71. The van der Waals surface area contributed by atoms with Gasteiger partial charge in [-0.1, -0.05) is 13.8 Å². The van der Waals surface area contributed by atoms with Crippen molar-refractivity contribution in [3.8, 4) is 11.5 Å². The molecule has 5 nitrogen and oxygen atoms in total. The van der Waals surface area contributed by atoms with Crippen LogP contribution in [0.25, 0.3) is 0 Å². The summed E-state index contributed by atoms with van der Waals surface area (Å²) in [5.41, 5.74) is -0.129. The number of rotatable bonds is 3. The first kappa shape index (κ1) is 13.2. The zero-order valence-electron chi connectivity index (χ0n) is 10.6. The number of hydrogen-bond donors (Lipinski definition) is 1. The van der Waals surface area contributed by atoms with Crippen LogP contribution >= 0.6 is 0 Å². The third-order valence-electron chi connectivity index (χ3n) is 3.00. The summed E-state index contributed by atoms with van der Waals surface area (Å²) in [6.07, 6.45) is 1.14. The molecular formula is C12H16O5S. The third kappa shape index (κ3) is 2.18. The van der Waals surface area contributed by atoms with Crippen LogP contribution in [0, 0.1) is 0 Å². The predicted molar refractivity (Wildman–Crippen MR) is 65.8 cm³/mol. The van der Waals surface area contributed by atoms with E-state index in [1.54, 1.807) is 19.9 Å². The maximum atomic E-state index is 11.8. The summed E-state index contributed by atoms with van der Waals surface area (Å²) >= 11 is 0. The van der Waals surface area contributed by atoms with Crippen molar-refractivity contribution in [1.82, 2.24) is 0 Å². The van der Waals surface area contributed by atoms with Gasteiger partial charge in [-0.2, -0.15) is 0 Å². The molecule has 100 valence electrons. The summed E-state index contributed by atoms with van der Waals surface area (Å²) < 4.78 is 34.1. The van der Waals surface area contributed by atoms with Gasteiger partial charge in [0.05, 0.1) is 11.5 Å². The van der Waals surface area contributed by atoms with Crippen LogP contribution in [0.4, 0.5) is 0 Å². The van der Waals surface area contributed by atoms with Gasteiger partial charge in [-0.15, -0.1) is 0 Å². The second-order valence-corrected chi connectivity index (χ2v) is 7.00. The van der Waals surface area contributed by atoms with Crippen LogP contribution < -0.4 is 9.47 Å². The number of ether oxygens (including phenoxy) is 2. The fourth-order valence-electron chi connectivity index (χ4n) is 1.84. The van der Waals surface area contributed by atoms with Gasteiger partial charge in [0.25, 0.3) is 0 Å². The lowest BCUT2D eigenvalue weighted by Gasteiger charge is -2.25. The highest BCUT2D eigenvalue weighted by atomic mass is 32.2. The van der Waals surface area contributed by atoms with E-state index < -0.39 is 15.3 Å². The van der Waals surface area contributed by atoms with Crippen molar-refractivity contribution in [3.63, 3.8) is 0 Å². The van der Waals surface area contributed by atoms with Crippen molar-refractivity contribution in [2.45, 2.75) is 24.2 Å². The Labute approximate surface area is 106 Å². The summed E-state index contributed by atoms with van der Waals surface area (Å²) in [4.78, 5) is 0.172. The molecule has 18 heavy (non-hydrogen) atoms. The number of sulfone groups is 1. The fraction of sp³-hybridized carbons (Fsp3) is 0.500. The van der Waals surface area contributed by atoms with Gasteiger partial charge >= 0.3 is 0 Å². The molecule has 0 spiro atoms. The number of fused-ring (bicyclic) bond motifs is 1. The third-order valence-corrected chi connectivity index (χ3v) is 4.14. The van der Waals surface area contributed by atoms with Crippen LogP contribution in [-0.2, 0) is 15.3 Å². The van der Waals surface area contributed by atoms with Crippen molar-refractivity contribution < 1.29 is 23.0 Å². The average Bonchev–Trinajstić information content (AvgIpc) is 2.73. The monoisotopic (exact) mass is 272 g/mol. The molecule has 0 radical (unpaired) electrons. The number of hydrogen-bond acceptors (Lipinski definition) is 5. The Morgan fingerprint density at radius 1 is 1.28 bits per heavy atom. The first-order valence-electron chi connectivity index (χ1n) is 5.51. The van der Waals surface area contributed by atoms with Crippen LogP contribution in [0.5, 0.6) is 11.5 Å². The SMILES string of the molecule is CC(C)(CO)c1cc2c(cc1S(C)(=O)=O)OCO2. The Kier molecular flexibility index (Phi) is 3.03. The summed E-state index contributed by atoms with van der Waals surface area (Å²) in [5, 5.41) is 9.42. The molecule has 0 aromatic heterocycles. The largest absolute Gasteiger partial charge is 0.454 e. The zero-order valence-corrected chi connectivity index (χ0v) is 11.4. The highest BCUT2D eigenvalue weighted by Gasteiger charge is 2.30. The first-order valence-corrected chi connectivity index (χ1v) is 7.40. The van der Waals surface area contributed by atoms with E-state index in [0.717, 1.165) is 6.26 Å². The van der Waals surface area contributed by atoms with E-state index in [4.69, 9.17) is 9.47 Å². The van der Waals surface area contributed by atoms with E-state index in [9.17, 15) is 13.5 Å². The molecule has 1 N–H and O–H groups in total. The molecule has 0 unspecified atom stereocenters. The van der Waals surface area contributed by atoms with Crippen LogP contribution in [0.1, 0.15) is 19.4 Å². The molecule has 6 heteroatoms. The molecule has 1 aliphatic heterocycles. The Bertz CT molecular complexity index is 574. The summed E-state index contributed by atoms with van der Waals surface area (Å²) in [5.74, 6) is 0.937. The van der Waals surface area contributed by atoms with Gasteiger partial charge in [0.2, 0.25) is 6.79 Å².